The van der Waals surface area contributed by atoms with Crippen LogP contribution in [0.25, 0.3) is 11.1 Å². The summed E-state index contributed by atoms with van der Waals surface area (Å²) in [6.45, 7) is 2.29. The van der Waals surface area contributed by atoms with E-state index in [9.17, 15) is 22.0 Å². The molecule has 0 saturated heterocycles. The zero-order valence-corrected chi connectivity index (χ0v) is 17.0. The maximum Gasteiger partial charge on any atom is 0.194 e. The largest absolute Gasteiger partial charge is 0.204 e. The summed E-state index contributed by atoms with van der Waals surface area (Å²) in [7, 11) is 0. The summed E-state index contributed by atoms with van der Waals surface area (Å²) in [5.74, 6) is -5.37. The molecule has 160 valence electrons. The van der Waals surface area contributed by atoms with Gasteiger partial charge in [-0.25, -0.2) is 22.0 Å². The van der Waals surface area contributed by atoms with E-state index in [1.54, 1.807) is 0 Å². The first kappa shape index (κ1) is 21.1. The molecule has 0 aromatic heterocycles. The van der Waals surface area contributed by atoms with Crippen LogP contribution < -0.4 is 0 Å². The highest BCUT2D eigenvalue weighted by molar-refractivity contribution is 5.65. The Morgan fingerprint density at radius 3 is 2.00 bits per heavy atom. The molecular formula is C25H25F5. The fraction of sp³-hybridized carbons (Fsp3) is 0.440. The van der Waals surface area contributed by atoms with Crippen molar-refractivity contribution >= 4 is 0 Å². The van der Waals surface area contributed by atoms with Gasteiger partial charge in [-0.3, -0.25) is 0 Å². The minimum absolute atomic E-state index is 0.124. The summed E-state index contributed by atoms with van der Waals surface area (Å²) in [5.41, 5.74) is 1.23. The Morgan fingerprint density at radius 1 is 0.733 bits per heavy atom. The molecule has 30 heavy (non-hydrogen) atoms. The van der Waals surface area contributed by atoms with Gasteiger partial charge in [-0.15, -0.1) is 0 Å². The summed E-state index contributed by atoms with van der Waals surface area (Å²) in [5, 5.41) is 0. The van der Waals surface area contributed by atoms with Crippen LogP contribution in [-0.4, -0.2) is 0 Å². The van der Waals surface area contributed by atoms with Crippen molar-refractivity contribution in [3.05, 3.63) is 70.6 Å². The van der Waals surface area contributed by atoms with Crippen molar-refractivity contribution in [1.82, 2.24) is 0 Å². The number of halogens is 5. The minimum atomic E-state index is -1.63. The first-order valence-electron chi connectivity index (χ1n) is 10.7. The third-order valence-corrected chi connectivity index (χ3v) is 6.83. The smallest absolute Gasteiger partial charge is 0.194 e. The maximum atomic E-state index is 14.9. The topological polar surface area (TPSA) is 0 Å². The van der Waals surface area contributed by atoms with E-state index in [0.717, 1.165) is 18.8 Å². The van der Waals surface area contributed by atoms with Gasteiger partial charge in [0.1, 0.15) is 0 Å². The lowest BCUT2D eigenvalue weighted by Crippen LogP contribution is -2.17. The van der Waals surface area contributed by atoms with Crippen molar-refractivity contribution in [3.63, 3.8) is 0 Å². The summed E-state index contributed by atoms with van der Waals surface area (Å²) in [6, 6.07) is 4.16. The van der Waals surface area contributed by atoms with Gasteiger partial charge < -0.3 is 0 Å². The maximum absolute atomic E-state index is 14.9. The highest BCUT2D eigenvalue weighted by atomic mass is 19.2. The van der Waals surface area contributed by atoms with Gasteiger partial charge in [-0.05, 0) is 73.1 Å². The van der Waals surface area contributed by atoms with E-state index in [4.69, 9.17) is 0 Å². The molecule has 2 aliphatic carbocycles. The van der Waals surface area contributed by atoms with Crippen LogP contribution in [0.4, 0.5) is 22.0 Å². The van der Waals surface area contributed by atoms with Crippen molar-refractivity contribution in [3.8, 4) is 11.1 Å². The minimum Gasteiger partial charge on any atom is -0.204 e. The van der Waals surface area contributed by atoms with E-state index in [-0.39, 0.29) is 22.6 Å². The van der Waals surface area contributed by atoms with E-state index in [1.165, 1.54) is 43.4 Å². The quantitative estimate of drug-likeness (QED) is 0.268. The van der Waals surface area contributed by atoms with E-state index in [1.807, 2.05) is 0 Å². The van der Waals surface area contributed by atoms with E-state index in [2.05, 4.69) is 13.0 Å². The number of allylic oxidation sites excluding steroid dienone is 2. The Labute approximate surface area is 173 Å². The molecule has 1 unspecified atom stereocenters. The van der Waals surface area contributed by atoms with Gasteiger partial charge in [0.2, 0.25) is 0 Å². The second-order valence-electron chi connectivity index (χ2n) is 8.79. The summed E-state index contributed by atoms with van der Waals surface area (Å²) in [4.78, 5) is 0. The molecule has 0 nitrogen and oxygen atoms in total. The Hall–Kier alpha value is -2.17. The van der Waals surface area contributed by atoms with Crippen molar-refractivity contribution in [2.24, 2.45) is 11.8 Å². The predicted molar refractivity (Wildman–Crippen MR) is 107 cm³/mol. The summed E-state index contributed by atoms with van der Waals surface area (Å²) >= 11 is 0. The third kappa shape index (κ3) is 4.03. The molecule has 4 rings (SSSR count). The third-order valence-electron chi connectivity index (χ3n) is 6.83. The number of hydrogen-bond acceptors (Lipinski definition) is 0. The Balaban J connectivity index is 1.55. The molecule has 2 aromatic rings. The molecule has 0 radical (unpaired) electrons. The van der Waals surface area contributed by atoms with Gasteiger partial charge in [0.15, 0.2) is 29.1 Å². The summed E-state index contributed by atoms with van der Waals surface area (Å²) < 4.78 is 69.8. The molecule has 0 amide bonds. The molecule has 2 aromatic carbocycles. The number of benzene rings is 2. The average Bonchev–Trinajstić information content (AvgIpc) is 2.74. The van der Waals surface area contributed by atoms with Gasteiger partial charge >= 0.3 is 0 Å². The lowest BCUT2D eigenvalue weighted by Gasteiger charge is -2.32. The molecule has 1 fully saturated rings. The first-order chi connectivity index (χ1) is 14.3. The van der Waals surface area contributed by atoms with E-state index in [0.29, 0.717) is 24.5 Å². The fourth-order valence-corrected chi connectivity index (χ4v) is 4.95. The van der Waals surface area contributed by atoms with Crippen LogP contribution >= 0.6 is 0 Å². The zero-order valence-electron chi connectivity index (χ0n) is 17.0. The molecule has 5 heteroatoms. The number of rotatable bonds is 3. The predicted octanol–water partition coefficient (Wildman–Crippen LogP) is 8.07. The average molecular weight is 420 g/mol. The zero-order chi connectivity index (χ0) is 21.4. The van der Waals surface area contributed by atoms with Crippen molar-refractivity contribution < 1.29 is 22.0 Å². The van der Waals surface area contributed by atoms with E-state index >= 15 is 0 Å². The Kier molecular flexibility index (Phi) is 5.99. The molecular weight excluding hydrogens is 395 g/mol. The molecule has 1 saturated carbocycles. The van der Waals surface area contributed by atoms with Crippen LogP contribution in [-0.2, 0) is 0 Å². The van der Waals surface area contributed by atoms with Crippen LogP contribution in [0.3, 0.4) is 0 Å². The van der Waals surface area contributed by atoms with Crippen molar-refractivity contribution in [2.75, 3.05) is 0 Å². The summed E-state index contributed by atoms with van der Waals surface area (Å²) in [6.07, 6.45) is 9.42. The normalized spacial score (nSPS) is 24.6. The van der Waals surface area contributed by atoms with Gasteiger partial charge in [-0.1, -0.05) is 43.5 Å². The lowest BCUT2D eigenvalue weighted by molar-refractivity contribution is 0.310. The van der Waals surface area contributed by atoms with Gasteiger partial charge in [-0.2, -0.15) is 0 Å². The highest BCUT2D eigenvalue weighted by Crippen LogP contribution is 2.42. The highest BCUT2D eigenvalue weighted by Gasteiger charge is 2.27. The van der Waals surface area contributed by atoms with Crippen LogP contribution in [0, 0.1) is 40.9 Å². The molecule has 0 heterocycles. The molecule has 0 bridgehead atoms. The second kappa shape index (κ2) is 8.52. The second-order valence-corrected chi connectivity index (χ2v) is 8.79. The van der Waals surface area contributed by atoms with E-state index < -0.39 is 29.1 Å². The molecule has 0 aliphatic heterocycles. The van der Waals surface area contributed by atoms with Crippen molar-refractivity contribution in [1.29, 1.82) is 0 Å². The Bertz CT molecular complexity index is 947. The first-order valence-corrected chi connectivity index (χ1v) is 10.7. The van der Waals surface area contributed by atoms with Crippen LogP contribution in [0.1, 0.15) is 63.4 Å². The monoisotopic (exact) mass is 420 g/mol. The van der Waals surface area contributed by atoms with Gasteiger partial charge in [0.05, 0.1) is 0 Å². The SMILES string of the molecule is CC1CCC(C2=CCC(c3ccc(-c4cc(F)c(F)c(F)c4)c(F)c3F)CC2)CC1. The van der Waals surface area contributed by atoms with Gasteiger partial charge in [0.25, 0.3) is 0 Å². The Morgan fingerprint density at radius 2 is 1.40 bits per heavy atom. The van der Waals surface area contributed by atoms with Crippen LogP contribution in [0.5, 0.6) is 0 Å². The molecule has 1 atom stereocenters. The lowest BCUT2D eigenvalue weighted by atomic mass is 9.74. The van der Waals surface area contributed by atoms with Gasteiger partial charge in [0, 0.05) is 5.56 Å². The van der Waals surface area contributed by atoms with Crippen LogP contribution in [0.15, 0.2) is 35.9 Å². The van der Waals surface area contributed by atoms with Crippen molar-refractivity contribution in [2.45, 2.75) is 57.8 Å². The number of hydrogen-bond donors (Lipinski definition) is 0. The van der Waals surface area contributed by atoms with Crippen LogP contribution in [0.2, 0.25) is 0 Å². The molecule has 0 N–H and O–H groups in total. The molecule has 2 aliphatic rings. The standard InChI is InChI=1S/C25H25F5/c1-14-2-4-15(5-3-14)16-6-8-17(9-7-16)19-10-11-20(24(29)23(19)28)18-12-21(26)25(30)22(27)13-18/h6,10-15,17H,2-5,7-9H2,1H3. The molecule has 0 spiro atoms. The fourth-order valence-electron chi connectivity index (χ4n) is 4.95.